The summed E-state index contributed by atoms with van der Waals surface area (Å²) in [7, 11) is 0. The normalized spacial score (nSPS) is 11.8. The maximum atomic E-state index is 10.8. The van der Waals surface area contributed by atoms with Crippen LogP contribution in [0.25, 0.3) is 55.2 Å². The number of nitrogens with zero attached hydrogens (tertiary/aromatic N) is 3. The Morgan fingerprint density at radius 3 is 1.70 bits per heavy atom. The molecule has 0 bridgehead atoms. The second-order valence-electron chi connectivity index (χ2n) is 8.86. The fourth-order valence-corrected chi connectivity index (χ4v) is 5.20. The number of phenols is 5. The Labute approximate surface area is 208 Å². The van der Waals surface area contributed by atoms with Crippen LogP contribution >= 0.6 is 0 Å². The summed E-state index contributed by atoms with van der Waals surface area (Å²) in [5.41, 5.74) is 4.06. The highest BCUT2D eigenvalue weighted by atomic mass is 16.4. The Balaban J connectivity index is 1.71. The lowest BCUT2D eigenvalue weighted by Gasteiger charge is -2.15. The van der Waals surface area contributed by atoms with E-state index in [1.807, 2.05) is 72.8 Å². The molecule has 0 unspecified atom stereocenters. The Kier molecular flexibility index (Phi) is 4.14. The van der Waals surface area contributed by atoms with Gasteiger partial charge in [0.15, 0.2) is 11.5 Å². The molecule has 3 heterocycles. The number of para-hydroxylation sites is 3. The van der Waals surface area contributed by atoms with Crippen LogP contribution in [-0.2, 0) is 0 Å². The first-order valence-electron chi connectivity index (χ1n) is 11.5. The summed E-state index contributed by atoms with van der Waals surface area (Å²) in [6.45, 7) is 0. The molecule has 0 spiro atoms. The molecule has 0 aliphatic carbocycles. The highest BCUT2D eigenvalue weighted by Gasteiger charge is 2.28. The molecule has 0 saturated carbocycles. The minimum atomic E-state index is -1.01. The zero-order chi connectivity index (χ0) is 25.4. The van der Waals surface area contributed by atoms with E-state index in [9.17, 15) is 25.5 Å². The van der Waals surface area contributed by atoms with E-state index in [1.165, 1.54) is 4.57 Å². The molecule has 7 aromatic rings. The van der Waals surface area contributed by atoms with Gasteiger partial charge in [-0.2, -0.15) is 0 Å². The van der Waals surface area contributed by atoms with E-state index in [2.05, 4.69) is 4.57 Å². The predicted octanol–water partition coefficient (Wildman–Crippen LogP) is 5.80. The molecule has 5 N–H and O–H groups in total. The standard InChI is InChI=1S/C29H19N3O5/c33-24-23(25(34)27(36)28(37)26(24)35)32-20-13-7-5-11-17(20)22-21(32)14-18-16-10-4-6-12-19(16)31(29(18)30-22)15-8-2-1-3-9-15/h1-14,33-37H. The second kappa shape index (κ2) is 7.32. The van der Waals surface area contributed by atoms with Crippen molar-refractivity contribution in [3.8, 4) is 40.1 Å². The number of phenolic OH excluding ortho intramolecular Hbond substituents is 5. The Morgan fingerprint density at radius 2 is 1.03 bits per heavy atom. The van der Waals surface area contributed by atoms with Crippen molar-refractivity contribution in [2.75, 3.05) is 0 Å². The number of aromatic nitrogens is 3. The first kappa shape index (κ1) is 21.0. The first-order valence-corrected chi connectivity index (χ1v) is 11.5. The molecular formula is C29H19N3O5. The maximum Gasteiger partial charge on any atom is 0.208 e. The van der Waals surface area contributed by atoms with E-state index < -0.39 is 28.7 Å². The van der Waals surface area contributed by atoms with Crippen molar-refractivity contribution in [3.63, 3.8) is 0 Å². The molecule has 37 heavy (non-hydrogen) atoms. The van der Waals surface area contributed by atoms with Gasteiger partial charge in [-0.25, -0.2) is 4.98 Å². The summed E-state index contributed by atoms with van der Waals surface area (Å²) in [5, 5.41) is 54.6. The molecule has 0 radical (unpaired) electrons. The zero-order valence-corrected chi connectivity index (χ0v) is 19.2. The van der Waals surface area contributed by atoms with E-state index in [1.54, 1.807) is 12.1 Å². The molecule has 8 nitrogen and oxygen atoms in total. The summed E-state index contributed by atoms with van der Waals surface area (Å²) in [6.07, 6.45) is 0. The van der Waals surface area contributed by atoms with Gasteiger partial charge in [0.05, 0.1) is 22.1 Å². The van der Waals surface area contributed by atoms with Crippen molar-refractivity contribution in [3.05, 3.63) is 84.9 Å². The molecule has 8 heteroatoms. The third-order valence-electron chi connectivity index (χ3n) is 6.85. The third kappa shape index (κ3) is 2.69. The van der Waals surface area contributed by atoms with Gasteiger partial charge in [0.25, 0.3) is 0 Å². The van der Waals surface area contributed by atoms with Gasteiger partial charge in [0.2, 0.25) is 17.2 Å². The van der Waals surface area contributed by atoms with Gasteiger partial charge in [-0.3, -0.25) is 4.57 Å². The van der Waals surface area contributed by atoms with E-state index in [0.29, 0.717) is 16.6 Å². The van der Waals surface area contributed by atoms with Crippen molar-refractivity contribution in [2.24, 2.45) is 0 Å². The Morgan fingerprint density at radius 1 is 0.486 bits per heavy atom. The third-order valence-corrected chi connectivity index (χ3v) is 6.85. The van der Waals surface area contributed by atoms with Crippen LogP contribution in [-0.4, -0.2) is 39.7 Å². The number of pyridine rings is 1. The van der Waals surface area contributed by atoms with Crippen molar-refractivity contribution in [1.29, 1.82) is 0 Å². The molecule has 0 aliphatic rings. The van der Waals surface area contributed by atoms with Gasteiger partial charge in [-0.1, -0.05) is 54.6 Å². The summed E-state index contributed by atoms with van der Waals surface area (Å²) >= 11 is 0. The number of fused-ring (bicyclic) bond motifs is 6. The number of rotatable bonds is 2. The molecule has 0 fully saturated rings. The largest absolute Gasteiger partial charge is 0.503 e. The van der Waals surface area contributed by atoms with Crippen LogP contribution in [0.3, 0.4) is 0 Å². The van der Waals surface area contributed by atoms with Crippen molar-refractivity contribution < 1.29 is 25.5 Å². The molecule has 0 saturated heterocycles. The van der Waals surface area contributed by atoms with Crippen LogP contribution in [0.2, 0.25) is 0 Å². The van der Waals surface area contributed by atoms with E-state index in [-0.39, 0.29) is 5.69 Å². The van der Waals surface area contributed by atoms with E-state index in [4.69, 9.17) is 4.98 Å². The molecule has 180 valence electrons. The smallest absolute Gasteiger partial charge is 0.208 e. The quantitative estimate of drug-likeness (QED) is 0.154. The lowest BCUT2D eigenvalue weighted by Crippen LogP contribution is -1.97. The van der Waals surface area contributed by atoms with Crippen LogP contribution in [0.1, 0.15) is 0 Å². The minimum absolute atomic E-state index is 0.271. The molecule has 4 aromatic carbocycles. The molecule has 3 aromatic heterocycles. The summed E-state index contributed by atoms with van der Waals surface area (Å²) < 4.78 is 3.61. The van der Waals surface area contributed by atoms with Crippen LogP contribution in [0.4, 0.5) is 0 Å². The lowest BCUT2D eigenvalue weighted by atomic mass is 10.1. The van der Waals surface area contributed by atoms with Gasteiger partial charge < -0.3 is 30.1 Å². The molecule has 0 atom stereocenters. The van der Waals surface area contributed by atoms with Crippen LogP contribution in [0, 0.1) is 0 Å². The fraction of sp³-hybridized carbons (Fsp3) is 0. The van der Waals surface area contributed by atoms with Crippen molar-refractivity contribution >= 4 is 43.9 Å². The predicted molar refractivity (Wildman–Crippen MR) is 141 cm³/mol. The average molecular weight is 489 g/mol. The van der Waals surface area contributed by atoms with Crippen LogP contribution < -0.4 is 0 Å². The number of aromatic hydroxyl groups is 5. The zero-order valence-electron chi connectivity index (χ0n) is 19.2. The monoisotopic (exact) mass is 489 g/mol. The van der Waals surface area contributed by atoms with Crippen LogP contribution in [0.5, 0.6) is 28.7 Å². The summed E-state index contributed by atoms with van der Waals surface area (Å²) in [4.78, 5) is 5.09. The van der Waals surface area contributed by atoms with Gasteiger partial charge in [0, 0.05) is 21.8 Å². The SMILES string of the molecule is Oc1c(O)c(O)c(-n2c3ccccc3c3nc4c(cc32)c2ccccc2n4-c2ccccc2)c(O)c1O. The highest BCUT2D eigenvalue weighted by Crippen LogP contribution is 2.54. The maximum absolute atomic E-state index is 10.8. The Hall–Kier alpha value is -5.37. The van der Waals surface area contributed by atoms with Gasteiger partial charge in [-0.05, 0) is 30.3 Å². The number of hydrogen-bond acceptors (Lipinski definition) is 6. The molecule has 7 rings (SSSR count). The highest BCUT2D eigenvalue weighted by molar-refractivity contribution is 6.16. The topological polar surface area (TPSA) is 124 Å². The van der Waals surface area contributed by atoms with Gasteiger partial charge in [0.1, 0.15) is 11.3 Å². The minimum Gasteiger partial charge on any atom is -0.503 e. The van der Waals surface area contributed by atoms with Crippen molar-refractivity contribution in [2.45, 2.75) is 0 Å². The molecule has 0 amide bonds. The fourth-order valence-electron chi connectivity index (χ4n) is 5.20. The molecule has 0 aliphatic heterocycles. The van der Waals surface area contributed by atoms with E-state index in [0.717, 1.165) is 33.0 Å². The Bertz CT molecular complexity index is 2010. The van der Waals surface area contributed by atoms with Crippen molar-refractivity contribution in [1.82, 2.24) is 14.1 Å². The average Bonchev–Trinajstić information content (AvgIpc) is 3.43. The van der Waals surface area contributed by atoms with Gasteiger partial charge in [-0.15, -0.1) is 0 Å². The van der Waals surface area contributed by atoms with Crippen LogP contribution in [0.15, 0.2) is 84.9 Å². The molecular weight excluding hydrogens is 470 g/mol. The first-order chi connectivity index (χ1) is 18.0. The number of hydrogen-bond donors (Lipinski definition) is 5. The summed E-state index contributed by atoms with van der Waals surface area (Å²) in [6, 6.07) is 27.1. The van der Waals surface area contributed by atoms with Gasteiger partial charge >= 0.3 is 0 Å². The second-order valence-corrected chi connectivity index (χ2v) is 8.86. The lowest BCUT2D eigenvalue weighted by molar-refractivity contribution is 0.327. The van der Waals surface area contributed by atoms with E-state index >= 15 is 0 Å². The number of benzene rings is 4. The summed E-state index contributed by atoms with van der Waals surface area (Å²) in [5.74, 6) is -4.44.